The number of hydrogen-bond acceptors (Lipinski definition) is 0. The summed E-state index contributed by atoms with van der Waals surface area (Å²) in [6, 6.07) is 52.4. The van der Waals surface area contributed by atoms with E-state index < -0.39 is 25.7 Å². The first kappa shape index (κ1) is 23.7. The monoisotopic (exact) mass is 568 g/mol. The molecule has 0 atom stereocenters. The third-order valence-electron chi connectivity index (χ3n) is 7.12. The maximum atomic E-state index is 2.49. The maximum Gasteiger partial charge on any atom is 0.108 e. The Morgan fingerprint density at radius 2 is 0.657 bits per heavy atom. The largest absolute Gasteiger partial charge is 0.195 e. The molecule has 0 bridgehead atoms. The van der Waals surface area contributed by atoms with Gasteiger partial charge in [-0.25, -0.2) is 0 Å². The van der Waals surface area contributed by atoms with Gasteiger partial charge in [0.1, 0.15) is 6.15 Å². The molecule has 172 valence electrons. The smallest absolute Gasteiger partial charge is 0.108 e. The number of rotatable bonds is 4. The third-order valence-corrected chi connectivity index (χ3v) is 11.7. The summed E-state index contributed by atoms with van der Waals surface area (Å²) in [6.07, 6.45) is -1.22. The summed E-state index contributed by atoms with van der Waals surface area (Å²) in [5.74, 6) is 0. The van der Waals surface area contributed by atoms with E-state index in [0.717, 1.165) is 0 Å². The molecule has 5 aromatic rings. The van der Waals surface area contributed by atoms with Crippen LogP contribution < -0.4 is 21.9 Å². The molecule has 6 rings (SSSR count). The molecule has 0 amide bonds. The average Bonchev–Trinajstić information content (AvgIpc) is 3.32. The number of fused-ring (bicyclic) bond motifs is 1. The van der Waals surface area contributed by atoms with Crippen LogP contribution in [0.3, 0.4) is 0 Å². The molecule has 0 nitrogen and oxygen atoms in total. The number of benzene rings is 5. The van der Waals surface area contributed by atoms with Crippen LogP contribution >= 0.6 is 0 Å². The molecule has 0 aliphatic carbocycles. The van der Waals surface area contributed by atoms with E-state index in [1.54, 1.807) is 11.1 Å². The van der Waals surface area contributed by atoms with Gasteiger partial charge in [0.25, 0.3) is 0 Å². The van der Waals surface area contributed by atoms with Crippen molar-refractivity contribution in [3.8, 4) is 0 Å². The van der Waals surface area contributed by atoms with Crippen LogP contribution in [0.2, 0.25) is 4.97 Å². The zero-order chi connectivity index (χ0) is 23.9. The molecule has 0 fully saturated rings. The first-order valence-electron chi connectivity index (χ1n) is 12.3. The Morgan fingerprint density at radius 3 is 0.943 bits per heavy atom. The topological polar surface area (TPSA) is 0 Å². The van der Waals surface area contributed by atoms with Crippen LogP contribution in [0.4, 0.5) is 0 Å². The molecule has 5 aromatic carbocycles. The fourth-order valence-electron chi connectivity index (χ4n) is 5.54. The standard InChI is InChI=1S/C24H20B.C9H11Te/c1-5-13-21(14-6-1)25(22-15-7-2-8-16-22,23-17-9-3-10-18-23)24-19-11-4-12-20-24;1-10-6-8-4-2-3-5-9(8)7-10/h1-20H;2-5H,6-7H2,1H3/q-1;+1. The van der Waals surface area contributed by atoms with Gasteiger partial charge in [0.15, 0.2) is 0 Å². The van der Waals surface area contributed by atoms with Gasteiger partial charge in [0.2, 0.25) is 0 Å². The van der Waals surface area contributed by atoms with E-state index in [1.165, 1.54) is 30.8 Å². The molecular weight excluding hydrogens is 535 g/mol. The molecule has 0 spiro atoms. The van der Waals surface area contributed by atoms with E-state index >= 15 is 0 Å². The van der Waals surface area contributed by atoms with Crippen molar-refractivity contribution in [2.45, 2.75) is 13.9 Å². The van der Waals surface area contributed by atoms with Gasteiger partial charge in [-0.3, -0.25) is 0 Å². The SMILES string of the molecule is C[Te+]1Cc2ccccc2C1.c1ccc([B-](c2ccccc2)(c2ccccc2)c2ccccc2)cc1. The van der Waals surface area contributed by atoms with Crippen molar-refractivity contribution in [2.24, 2.45) is 0 Å². The van der Waals surface area contributed by atoms with Crippen LogP contribution in [0.15, 0.2) is 146 Å². The Balaban J connectivity index is 0.000000211. The van der Waals surface area contributed by atoms with Gasteiger partial charge in [0, 0.05) is 0 Å². The quantitative estimate of drug-likeness (QED) is 0.268. The van der Waals surface area contributed by atoms with E-state index in [1.807, 2.05) is 0 Å². The normalized spacial score (nSPS) is 12.9. The Labute approximate surface area is 217 Å². The first-order chi connectivity index (χ1) is 17.3. The van der Waals surface area contributed by atoms with E-state index in [2.05, 4.69) is 151 Å². The van der Waals surface area contributed by atoms with Crippen molar-refractivity contribution >= 4 is 47.5 Å². The van der Waals surface area contributed by atoms with E-state index in [4.69, 9.17) is 0 Å². The minimum Gasteiger partial charge on any atom is -0.195 e. The second-order valence-electron chi connectivity index (χ2n) is 9.35. The van der Waals surface area contributed by atoms with E-state index in [-0.39, 0.29) is 0 Å². The Hall–Kier alpha value is -3.05. The summed E-state index contributed by atoms with van der Waals surface area (Å²) in [6.45, 7) is 0. The molecule has 2 heteroatoms. The zero-order valence-corrected chi connectivity index (χ0v) is 22.6. The van der Waals surface area contributed by atoms with Crippen molar-refractivity contribution < 1.29 is 0 Å². The molecule has 0 N–H and O–H groups in total. The van der Waals surface area contributed by atoms with Crippen LogP contribution in [0, 0.1) is 0 Å². The summed E-state index contributed by atoms with van der Waals surface area (Å²) in [5.41, 5.74) is 8.64. The van der Waals surface area contributed by atoms with E-state index in [9.17, 15) is 0 Å². The Bertz CT molecular complexity index is 1150. The first-order valence-corrected chi connectivity index (χ1v) is 17.9. The van der Waals surface area contributed by atoms with Crippen molar-refractivity contribution in [1.82, 2.24) is 0 Å². The minimum atomic E-state index is -1.22. The molecule has 0 unspecified atom stereocenters. The maximum absolute atomic E-state index is 2.49. The predicted octanol–water partition coefficient (Wildman–Crippen LogP) is 5.05. The van der Waals surface area contributed by atoms with Crippen LogP contribution in [-0.4, -0.2) is 25.7 Å². The summed E-state index contributed by atoms with van der Waals surface area (Å²) in [4.78, 5) is 2.49. The fourth-order valence-corrected chi connectivity index (χ4v) is 10.5. The molecule has 0 saturated heterocycles. The zero-order valence-electron chi connectivity index (χ0n) is 20.3. The summed E-state index contributed by atoms with van der Waals surface area (Å²) in [5, 5.41) is 0. The molecule has 1 heterocycles. The van der Waals surface area contributed by atoms with Gasteiger partial charge in [-0.1, -0.05) is 121 Å². The Morgan fingerprint density at radius 1 is 0.400 bits per heavy atom. The molecule has 1 aliphatic heterocycles. The fraction of sp³-hybridized carbons (Fsp3) is 0.0909. The van der Waals surface area contributed by atoms with Gasteiger partial charge in [-0.05, 0) is 0 Å². The van der Waals surface area contributed by atoms with Gasteiger partial charge in [-0.2, -0.15) is 21.9 Å². The molecular formula is C33H31BTe. The van der Waals surface area contributed by atoms with Gasteiger partial charge < -0.3 is 0 Å². The van der Waals surface area contributed by atoms with Gasteiger partial charge >= 0.3 is 68.9 Å². The van der Waals surface area contributed by atoms with Crippen molar-refractivity contribution in [1.29, 1.82) is 0 Å². The summed E-state index contributed by atoms with van der Waals surface area (Å²) < 4.78 is 2.92. The second kappa shape index (κ2) is 11.1. The molecule has 0 saturated carbocycles. The van der Waals surface area contributed by atoms with Crippen LogP contribution in [0.5, 0.6) is 0 Å². The van der Waals surface area contributed by atoms with Gasteiger partial charge in [0.05, 0.1) is 0 Å². The Kier molecular flexibility index (Phi) is 7.53. The predicted molar refractivity (Wildman–Crippen MR) is 156 cm³/mol. The minimum absolute atomic E-state index is 0.608. The van der Waals surface area contributed by atoms with Crippen LogP contribution in [0.1, 0.15) is 11.1 Å². The molecule has 35 heavy (non-hydrogen) atoms. The van der Waals surface area contributed by atoms with Gasteiger partial charge in [-0.15, -0.1) is 0 Å². The average molecular weight is 566 g/mol. The molecule has 0 radical (unpaired) electrons. The summed E-state index contributed by atoms with van der Waals surface area (Å²) >= 11 is -0.608. The van der Waals surface area contributed by atoms with Crippen molar-refractivity contribution in [3.63, 3.8) is 0 Å². The van der Waals surface area contributed by atoms with E-state index in [0.29, 0.717) is 0 Å². The summed E-state index contributed by atoms with van der Waals surface area (Å²) in [7, 11) is 0. The van der Waals surface area contributed by atoms with Crippen molar-refractivity contribution in [3.05, 3.63) is 157 Å². The second-order valence-corrected chi connectivity index (χ2v) is 15.5. The van der Waals surface area contributed by atoms with Crippen molar-refractivity contribution in [2.75, 3.05) is 0 Å². The third kappa shape index (κ3) is 5.01. The molecule has 0 aromatic heterocycles. The van der Waals surface area contributed by atoms with Crippen LogP contribution in [-0.2, 0) is 8.94 Å². The number of hydrogen-bond donors (Lipinski definition) is 0. The molecule has 1 aliphatic rings. The van der Waals surface area contributed by atoms with Crippen LogP contribution in [0.25, 0.3) is 0 Å².